The lowest BCUT2D eigenvalue weighted by molar-refractivity contribution is -0.931. The standard InChI is InChI=1S/C20H40N/c1-8-11-21(10-3,12-9-2)15-18(6)20-13-16(4)19(20,7)17(5)14-20/h16-18H,8-15H2,1-7H3/q+1. The van der Waals surface area contributed by atoms with Crippen molar-refractivity contribution >= 4 is 0 Å². The van der Waals surface area contributed by atoms with Gasteiger partial charge in [-0.3, -0.25) is 0 Å². The second kappa shape index (κ2) is 5.87. The molecule has 0 aromatic carbocycles. The van der Waals surface area contributed by atoms with Crippen LogP contribution in [0.3, 0.4) is 0 Å². The third-order valence-electron chi connectivity index (χ3n) is 8.13. The van der Waals surface area contributed by atoms with Crippen molar-refractivity contribution in [2.75, 3.05) is 26.2 Å². The Balaban J connectivity index is 2.11. The monoisotopic (exact) mass is 294 g/mol. The van der Waals surface area contributed by atoms with Crippen LogP contribution in [0.25, 0.3) is 0 Å². The van der Waals surface area contributed by atoms with Crippen LogP contribution in [0.5, 0.6) is 0 Å². The molecule has 0 aromatic rings. The molecule has 2 saturated carbocycles. The van der Waals surface area contributed by atoms with E-state index >= 15 is 0 Å². The fourth-order valence-electron chi connectivity index (χ4n) is 6.62. The maximum Gasteiger partial charge on any atom is 0.0818 e. The molecule has 0 spiro atoms. The fraction of sp³-hybridized carbons (Fsp3) is 1.00. The van der Waals surface area contributed by atoms with Crippen LogP contribution >= 0.6 is 0 Å². The fourth-order valence-corrected chi connectivity index (χ4v) is 6.62. The first kappa shape index (κ1) is 17.3. The summed E-state index contributed by atoms with van der Waals surface area (Å²) in [5.41, 5.74) is 1.33. The van der Waals surface area contributed by atoms with Gasteiger partial charge in [0.25, 0.3) is 0 Å². The molecule has 2 rings (SSSR count). The number of nitrogens with zero attached hydrogens (tertiary/aromatic N) is 1. The van der Waals surface area contributed by atoms with Gasteiger partial charge in [-0.05, 0) is 55.3 Å². The van der Waals surface area contributed by atoms with Gasteiger partial charge in [-0.15, -0.1) is 0 Å². The molecule has 3 atom stereocenters. The molecule has 1 heteroatoms. The highest BCUT2D eigenvalue weighted by molar-refractivity contribution is 5.20. The van der Waals surface area contributed by atoms with E-state index in [4.69, 9.17) is 0 Å². The predicted molar refractivity (Wildman–Crippen MR) is 93.3 cm³/mol. The van der Waals surface area contributed by atoms with Gasteiger partial charge in [-0.2, -0.15) is 0 Å². The van der Waals surface area contributed by atoms with Gasteiger partial charge in [0, 0.05) is 5.92 Å². The van der Waals surface area contributed by atoms with Crippen LogP contribution in [0.4, 0.5) is 0 Å². The highest BCUT2D eigenvalue weighted by atomic mass is 15.3. The van der Waals surface area contributed by atoms with Gasteiger partial charge >= 0.3 is 0 Å². The predicted octanol–water partition coefficient (Wildman–Crippen LogP) is 5.35. The Labute approximate surface area is 134 Å². The van der Waals surface area contributed by atoms with Crippen molar-refractivity contribution in [1.82, 2.24) is 0 Å². The molecule has 0 heterocycles. The Morgan fingerprint density at radius 3 is 1.81 bits per heavy atom. The molecule has 2 aliphatic carbocycles. The molecule has 1 nitrogen and oxygen atoms in total. The van der Waals surface area contributed by atoms with E-state index in [1.807, 2.05) is 0 Å². The van der Waals surface area contributed by atoms with Crippen molar-refractivity contribution in [2.45, 2.75) is 74.1 Å². The number of rotatable bonds is 8. The third kappa shape index (κ3) is 2.30. The second-order valence-electron chi connectivity index (χ2n) is 8.84. The SMILES string of the molecule is CCC[N+](CC)(CCC)CC(C)C12CC(C)C1(C)C(C)C2. The average Bonchev–Trinajstić information content (AvgIpc) is 2.45. The summed E-state index contributed by atoms with van der Waals surface area (Å²) in [5.74, 6) is 2.79. The molecule has 2 fully saturated rings. The van der Waals surface area contributed by atoms with Crippen molar-refractivity contribution in [3.05, 3.63) is 0 Å². The number of fused-ring (bicyclic) bond motifs is 1. The van der Waals surface area contributed by atoms with Gasteiger partial charge in [-0.1, -0.05) is 41.5 Å². The van der Waals surface area contributed by atoms with Gasteiger partial charge in [-0.25, -0.2) is 0 Å². The van der Waals surface area contributed by atoms with Gasteiger partial charge in [0.1, 0.15) is 0 Å². The molecule has 0 N–H and O–H groups in total. The van der Waals surface area contributed by atoms with E-state index in [0.29, 0.717) is 10.8 Å². The van der Waals surface area contributed by atoms with Gasteiger partial charge in [0.15, 0.2) is 0 Å². The van der Waals surface area contributed by atoms with Crippen molar-refractivity contribution in [3.63, 3.8) is 0 Å². The van der Waals surface area contributed by atoms with E-state index in [9.17, 15) is 0 Å². The smallest absolute Gasteiger partial charge is 0.0818 e. The first-order chi connectivity index (χ1) is 9.82. The lowest BCUT2D eigenvalue weighted by atomic mass is 9.28. The Morgan fingerprint density at radius 1 is 1.00 bits per heavy atom. The first-order valence-corrected chi connectivity index (χ1v) is 9.67. The van der Waals surface area contributed by atoms with Crippen molar-refractivity contribution in [2.24, 2.45) is 28.6 Å². The minimum absolute atomic E-state index is 0.647. The summed E-state index contributed by atoms with van der Waals surface area (Å²) in [6.07, 6.45) is 5.66. The van der Waals surface area contributed by atoms with Gasteiger partial charge in [0.2, 0.25) is 0 Å². The Kier molecular flexibility index (Phi) is 4.84. The molecule has 0 radical (unpaired) electrons. The molecule has 0 aromatic heterocycles. The highest BCUT2D eigenvalue weighted by Gasteiger charge is 2.72. The van der Waals surface area contributed by atoms with Crippen LogP contribution in [0.2, 0.25) is 0 Å². The van der Waals surface area contributed by atoms with Crippen molar-refractivity contribution < 1.29 is 4.48 Å². The molecular formula is C20H40N+. The summed E-state index contributed by atoms with van der Waals surface area (Å²) in [6.45, 7) is 22.8. The van der Waals surface area contributed by atoms with E-state index < -0.39 is 0 Å². The van der Waals surface area contributed by atoms with Crippen LogP contribution in [0.1, 0.15) is 74.1 Å². The lowest BCUT2D eigenvalue weighted by Crippen LogP contribution is -2.72. The maximum absolute atomic E-state index is 2.60. The minimum atomic E-state index is 0.647. The zero-order chi connectivity index (χ0) is 15.9. The van der Waals surface area contributed by atoms with E-state index in [1.165, 1.54) is 56.3 Å². The van der Waals surface area contributed by atoms with E-state index in [2.05, 4.69) is 48.5 Å². The quantitative estimate of drug-likeness (QED) is 0.529. The van der Waals surface area contributed by atoms with Crippen molar-refractivity contribution in [1.29, 1.82) is 0 Å². The van der Waals surface area contributed by atoms with E-state index in [1.54, 1.807) is 0 Å². The summed E-state index contributed by atoms with van der Waals surface area (Å²) in [5, 5.41) is 0. The molecule has 0 bridgehead atoms. The van der Waals surface area contributed by atoms with Crippen LogP contribution in [-0.2, 0) is 0 Å². The van der Waals surface area contributed by atoms with Gasteiger partial charge in [0.05, 0.1) is 26.2 Å². The zero-order valence-electron chi connectivity index (χ0n) is 15.8. The zero-order valence-corrected chi connectivity index (χ0v) is 15.8. The number of quaternary nitrogens is 1. The topological polar surface area (TPSA) is 0 Å². The molecule has 3 unspecified atom stereocenters. The van der Waals surface area contributed by atoms with Crippen LogP contribution in [0, 0.1) is 28.6 Å². The maximum atomic E-state index is 2.60. The van der Waals surface area contributed by atoms with Crippen LogP contribution in [0.15, 0.2) is 0 Å². The third-order valence-corrected chi connectivity index (χ3v) is 8.13. The van der Waals surface area contributed by atoms with E-state index in [0.717, 1.165) is 17.8 Å². The van der Waals surface area contributed by atoms with Crippen LogP contribution < -0.4 is 0 Å². The van der Waals surface area contributed by atoms with Gasteiger partial charge < -0.3 is 4.48 Å². The first-order valence-electron chi connectivity index (χ1n) is 9.67. The van der Waals surface area contributed by atoms with E-state index in [-0.39, 0.29) is 0 Å². The number of hydrogen-bond donors (Lipinski definition) is 0. The largest absolute Gasteiger partial charge is 0.324 e. The van der Waals surface area contributed by atoms with Crippen molar-refractivity contribution in [3.8, 4) is 0 Å². The number of hydrogen-bond acceptors (Lipinski definition) is 0. The normalized spacial score (nSPS) is 40.1. The summed E-state index contributed by atoms with van der Waals surface area (Å²) < 4.78 is 1.37. The summed E-state index contributed by atoms with van der Waals surface area (Å²) in [7, 11) is 0. The minimum Gasteiger partial charge on any atom is -0.324 e. The molecular weight excluding hydrogens is 254 g/mol. The Bertz CT molecular complexity index is 341. The second-order valence-corrected chi connectivity index (χ2v) is 8.84. The molecule has 21 heavy (non-hydrogen) atoms. The molecule has 2 aliphatic rings. The summed E-state index contributed by atoms with van der Waals surface area (Å²) in [4.78, 5) is 0. The van der Waals surface area contributed by atoms with Crippen LogP contribution in [-0.4, -0.2) is 30.7 Å². The Hall–Kier alpha value is -0.0400. The molecule has 0 saturated heterocycles. The summed E-state index contributed by atoms with van der Waals surface area (Å²) in [6, 6.07) is 0. The Morgan fingerprint density at radius 2 is 1.48 bits per heavy atom. The molecule has 0 aliphatic heterocycles. The average molecular weight is 295 g/mol. The lowest BCUT2D eigenvalue weighted by Gasteiger charge is -2.77. The molecule has 0 amide bonds. The summed E-state index contributed by atoms with van der Waals surface area (Å²) >= 11 is 0. The molecule has 124 valence electrons. The highest BCUT2D eigenvalue weighted by Crippen LogP contribution is 2.78.